The molecule has 0 bridgehead atoms. The minimum Gasteiger partial charge on any atom is -0.410 e. The van der Waals surface area contributed by atoms with Gasteiger partial charge in [0, 0.05) is 7.05 Å². The normalized spacial score (nSPS) is 9.58. The van der Waals surface area contributed by atoms with E-state index in [1.54, 1.807) is 12.1 Å². The molecule has 0 atom stereocenters. The summed E-state index contributed by atoms with van der Waals surface area (Å²) in [5.74, 6) is 0.564. The summed E-state index contributed by atoms with van der Waals surface area (Å²) in [7, 11) is -0.580. The van der Waals surface area contributed by atoms with Crippen LogP contribution in [0.3, 0.4) is 0 Å². The molecule has 0 aliphatic heterocycles. The first-order valence-electron chi connectivity index (χ1n) is 5.76. The zero-order valence-corrected chi connectivity index (χ0v) is 12.2. The number of carbonyl (C=O) groups excluding carboxylic acids is 1. The minimum atomic E-state index is -2.11. The lowest BCUT2D eigenvalue weighted by atomic mass is 10.2. The van der Waals surface area contributed by atoms with Gasteiger partial charge in [-0.3, -0.25) is 0 Å². The fourth-order valence-corrected chi connectivity index (χ4v) is 1.36. The van der Waals surface area contributed by atoms with E-state index in [1.165, 1.54) is 7.05 Å². The van der Waals surface area contributed by atoms with E-state index in [0.717, 1.165) is 12.0 Å². The Balaban J connectivity index is 0.000000399. The topological polar surface area (TPSA) is 88.0 Å². The highest BCUT2D eigenvalue weighted by atomic mass is 31.2. The van der Waals surface area contributed by atoms with Gasteiger partial charge in [-0.25, -0.2) is 4.79 Å². The van der Waals surface area contributed by atoms with Crippen molar-refractivity contribution < 1.29 is 23.8 Å². The van der Waals surface area contributed by atoms with Crippen molar-refractivity contribution in [3.8, 4) is 5.75 Å². The van der Waals surface area contributed by atoms with Crippen LogP contribution in [-0.2, 0) is 4.52 Å². The van der Waals surface area contributed by atoms with Gasteiger partial charge in [0.25, 0.3) is 0 Å². The van der Waals surface area contributed by atoms with Gasteiger partial charge in [0.15, 0.2) is 0 Å². The maximum Gasteiger partial charge on any atom is 0.412 e. The molecule has 1 aromatic carbocycles. The average molecular weight is 289 g/mol. The van der Waals surface area contributed by atoms with E-state index in [1.807, 2.05) is 26.0 Å². The predicted molar refractivity (Wildman–Crippen MR) is 73.9 cm³/mol. The quantitative estimate of drug-likeness (QED) is 0.740. The number of aryl methyl sites for hydroxylation is 1. The van der Waals surface area contributed by atoms with Crippen molar-refractivity contribution in [1.82, 2.24) is 5.32 Å². The molecule has 108 valence electrons. The van der Waals surface area contributed by atoms with Gasteiger partial charge in [-0.2, -0.15) is 0 Å². The molecule has 0 saturated carbocycles. The van der Waals surface area contributed by atoms with Crippen molar-refractivity contribution in [3.63, 3.8) is 0 Å². The summed E-state index contributed by atoms with van der Waals surface area (Å²) in [5.41, 5.74) is 1.07. The van der Waals surface area contributed by atoms with Crippen LogP contribution in [-0.4, -0.2) is 29.5 Å². The Labute approximate surface area is 114 Å². The Kier molecular flexibility index (Phi) is 10.0. The molecule has 3 N–H and O–H groups in total. The lowest BCUT2D eigenvalue weighted by Gasteiger charge is -2.02. The molecule has 6 nitrogen and oxygen atoms in total. The maximum atomic E-state index is 10.8. The van der Waals surface area contributed by atoms with E-state index in [4.69, 9.17) is 14.5 Å². The molecule has 0 aliphatic rings. The van der Waals surface area contributed by atoms with Crippen molar-refractivity contribution in [1.29, 1.82) is 0 Å². The molecule has 1 amide bonds. The number of hydrogen-bond donors (Lipinski definition) is 3. The molecule has 7 heteroatoms. The van der Waals surface area contributed by atoms with E-state index in [9.17, 15) is 4.79 Å². The number of carbonyl (C=O) groups is 1. The second kappa shape index (κ2) is 10.7. The van der Waals surface area contributed by atoms with Gasteiger partial charge in [-0.1, -0.05) is 19.1 Å². The van der Waals surface area contributed by atoms with Crippen LogP contribution >= 0.6 is 8.60 Å². The van der Waals surface area contributed by atoms with Gasteiger partial charge >= 0.3 is 14.7 Å². The van der Waals surface area contributed by atoms with Crippen molar-refractivity contribution >= 4 is 14.7 Å². The minimum absolute atomic E-state index is 0.429. The maximum absolute atomic E-state index is 10.8. The van der Waals surface area contributed by atoms with Gasteiger partial charge in [-0.05, 0) is 31.0 Å². The summed E-state index contributed by atoms with van der Waals surface area (Å²) >= 11 is 0. The highest BCUT2D eigenvalue weighted by molar-refractivity contribution is 7.39. The van der Waals surface area contributed by atoms with E-state index in [2.05, 4.69) is 9.84 Å². The number of ether oxygens (including phenoxy) is 1. The van der Waals surface area contributed by atoms with Crippen molar-refractivity contribution in [2.45, 2.75) is 20.3 Å². The first kappa shape index (κ1) is 17.8. The Hall–Kier alpha value is -1.20. The standard InChI is InChI=1S/C9H11NO2.C3H9O3P/c1-7-4-3-5-8(6-7)12-9(11)10-2;1-2-3-6-7(4)5/h3-6H,1-2H3,(H,10,11);4-5H,2-3H2,1H3. The van der Waals surface area contributed by atoms with Gasteiger partial charge in [0.2, 0.25) is 0 Å². The number of benzene rings is 1. The van der Waals surface area contributed by atoms with Gasteiger partial charge in [0.1, 0.15) is 5.75 Å². The Bertz CT molecular complexity index is 373. The lowest BCUT2D eigenvalue weighted by Crippen LogP contribution is -2.21. The van der Waals surface area contributed by atoms with Crippen LogP contribution in [0.15, 0.2) is 24.3 Å². The number of nitrogens with one attached hydrogen (secondary N) is 1. The summed E-state index contributed by atoms with van der Waals surface area (Å²) in [4.78, 5) is 26.9. The third kappa shape index (κ3) is 10.4. The summed E-state index contributed by atoms with van der Waals surface area (Å²) in [6.45, 7) is 4.27. The van der Waals surface area contributed by atoms with Gasteiger partial charge in [-0.15, -0.1) is 0 Å². The SMILES string of the molecule is CCCOP(O)O.CNC(=O)Oc1cccc(C)c1. The van der Waals surface area contributed by atoms with Crippen molar-refractivity contribution in [2.75, 3.05) is 13.7 Å². The number of amides is 1. The molecule has 0 saturated heterocycles. The fraction of sp³-hybridized carbons (Fsp3) is 0.417. The molecular formula is C12H20NO5P. The van der Waals surface area contributed by atoms with E-state index >= 15 is 0 Å². The smallest absolute Gasteiger partial charge is 0.410 e. The van der Waals surface area contributed by atoms with Crippen LogP contribution in [0.2, 0.25) is 0 Å². The Morgan fingerprint density at radius 2 is 2.11 bits per heavy atom. The van der Waals surface area contributed by atoms with Crippen LogP contribution in [0.1, 0.15) is 18.9 Å². The molecule has 0 heterocycles. The summed E-state index contributed by atoms with van der Waals surface area (Å²) in [6.07, 6.45) is 0.376. The first-order valence-corrected chi connectivity index (χ1v) is 6.93. The molecule has 19 heavy (non-hydrogen) atoms. The zero-order valence-electron chi connectivity index (χ0n) is 11.3. The third-order valence-corrected chi connectivity index (χ3v) is 2.23. The molecule has 0 spiro atoms. The zero-order chi connectivity index (χ0) is 14.7. The molecule has 0 unspecified atom stereocenters. The van der Waals surface area contributed by atoms with Crippen LogP contribution in [0.4, 0.5) is 4.79 Å². The van der Waals surface area contributed by atoms with Crippen molar-refractivity contribution in [2.24, 2.45) is 0 Å². The van der Waals surface area contributed by atoms with Crippen LogP contribution in [0, 0.1) is 6.92 Å². The summed E-state index contributed by atoms with van der Waals surface area (Å²) in [6, 6.07) is 7.32. The van der Waals surface area contributed by atoms with Crippen molar-refractivity contribution in [3.05, 3.63) is 29.8 Å². The highest BCUT2D eigenvalue weighted by Gasteiger charge is 1.99. The third-order valence-electron chi connectivity index (χ3n) is 1.82. The molecule has 0 aromatic heterocycles. The van der Waals surface area contributed by atoms with Crippen LogP contribution in [0.5, 0.6) is 5.75 Å². The van der Waals surface area contributed by atoms with E-state index < -0.39 is 14.7 Å². The molecule has 0 aliphatic carbocycles. The molecular weight excluding hydrogens is 269 g/mol. The van der Waals surface area contributed by atoms with E-state index in [0.29, 0.717) is 12.4 Å². The summed E-state index contributed by atoms with van der Waals surface area (Å²) < 4.78 is 9.26. The van der Waals surface area contributed by atoms with Gasteiger partial charge < -0.3 is 24.4 Å². The molecule has 0 fully saturated rings. The average Bonchev–Trinajstić information content (AvgIpc) is 2.37. The van der Waals surface area contributed by atoms with Crippen LogP contribution < -0.4 is 10.1 Å². The predicted octanol–water partition coefficient (Wildman–Crippen LogP) is 2.34. The van der Waals surface area contributed by atoms with Gasteiger partial charge in [0.05, 0.1) is 6.61 Å². The number of hydrogen-bond acceptors (Lipinski definition) is 5. The summed E-state index contributed by atoms with van der Waals surface area (Å²) in [5, 5.41) is 2.37. The van der Waals surface area contributed by atoms with E-state index in [-0.39, 0.29) is 0 Å². The monoisotopic (exact) mass is 289 g/mol. The lowest BCUT2D eigenvalue weighted by molar-refractivity contribution is 0.203. The second-order valence-electron chi connectivity index (χ2n) is 3.54. The fourth-order valence-electron chi connectivity index (χ4n) is 1.01. The van der Waals surface area contributed by atoms with Crippen LogP contribution in [0.25, 0.3) is 0 Å². The largest absolute Gasteiger partial charge is 0.412 e. The molecule has 1 aromatic rings. The Morgan fingerprint density at radius 1 is 1.42 bits per heavy atom. The Morgan fingerprint density at radius 3 is 2.53 bits per heavy atom. The molecule has 0 radical (unpaired) electrons. The first-order chi connectivity index (χ1) is 8.99. The number of rotatable bonds is 4. The second-order valence-corrected chi connectivity index (χ2v) is 4.31. The highest BCUT2D eigenvalue weighted by Crippen LogP contribution is 2.23. The molecule has 1 rings (SSSR count).